The molecule has 2 heterocycles. The molecule has 4 rings (SSSR count). The monoisotopic (exact) mass is 282 g/mol. The molecule has 0 bridgehead atoms. The molecule has 0 amide bonds. The van der Waals surface area contributed by atoms with Crippen molar-refractivity contribution in [2.75, 3.05) is 18.0 Å². The van der Waals surface area contributed by atoms with Crippen LogP contribution in [-0.2, 0) is 0 Å². The van der Waals surface area contributed by atoms with Gasteiger partial charge in [-0.05, 0) is 23.3 Å². The van der Waals surface area contributed by atoms with Crippen LogP contribution < -0.4 is 10.2 Å². The van der Waals surface area contributed by atoms with E-state index in [2.05, 4.69) is 28.4 Å². The zero-order chi connectivity index (χ0) is 13.5. The molecule has 0 spiro atoms. The van der Waals surface area contributed by atoms with E-state index >= 15 is 0 Å². The van der Waals surface area contributed by atoms with Gasteiger partial charge in [-0.25, -0.2) is 0 Å². The molecule has 1 unspecified atom stereocenters. The van der Waals surface area contributed by atoms with Gasteiger partial charge in [-0.3, -0.25) is 10.1 Å². The number of nitrogens with one attached hydrogen (secondary N) is 1. The third-order valence-electron chi connectivity index (χ3n) is 3.86. The molecule has 2 aromatic carbocycles. The highest BCUT2D eigenvalue weighted by atomic mass is 32.2. The lowest BCUT2D eigenvalue weighted by molar-refractivity contribution is 0.112. The Labute approximate surface area is 122 Å². The van der Waals surface area contributed by atoms with Crippen LogP contribution in [0.15, 0.2) is 47.4 Å². The Hall–Kier alpha value is -1.78. The molecule has 0 aromatic heterocycles. The summed E-state index contributed by atoms with van der Waals surface area (Å²) in [6.45, 7) is 2.11. The second-order valence-electron chi connectivity index (χ2n) is 5.01. The van der Waals surface area contributed by atoms with E-state index in [-0.39, 0.29) is 0 Å². The summed E-state index contributed by atoms with van der Waals surface area (Å²) < 4.78 is 0. The Balaban J connectivity index is 1.79. The van der Waals surface area contributed by atoms with E-state index in [0.717, 1.165) is 36.1 Å². The average molecular weight is 282 g/mol. The van der Waals surface area contributed by atoms with Crippen molar-refractivity contribution in [3.05, 3.63) is 48.0 Å². The summed E-state index contributed by atoms with van der Waals surface area (Å²) in [6.07, 6.45) is 0.926. The number of carbonyl (C=O) groups excluding carboxylic acids is 1. The molecule has 0 aliphatic carbocycles. The van der Waals surface area contributed by atoms with Crippen molar-refractivity contribution >= 4 is 23.7 Å². The average Bonchev–Trinajstić information content (AvgIpc) is 3.07. The van der Waals surface area contributed by atoms with E-state index in [1.165, 1.54) is 10.6 Å². The highest BCUT2D eigenvalue weighted by Gasteiger charge is 2.33. The third kappa shape index (κ3) is 1.76. The van der Waals surface area contributed by atoms with Gasteiger partial charge < -0.3 is 4.90 Å². The lowest BCUT2D eigenvalue weighted by Gasteiger charge is -2.16. The summed E-state index contributed by atoms with van der Waals surface area (Å²) in [5.41, 5.74) is 4.54. The predicted molar refractivity (Wildman–Crippen MR) is 82.3 cm³/mol. The first-order valence-electron chi connectivity index (χ1n) is 6.72. The van der Waals surface area contributed by atoms with E-state index in [1.54, 1.807) is 0 Å². The molecule has 100 valence electrons. The first kappa shape index (κ1) is 12.0. The molecule has 0 saturated carbocycles. The van der Waals surface area contributed by atoms with Gasteiger partial charge in [0.2, 0.25) is 0 Å². The first-order chi connectivity index (χ1) is 9.86. The molecule has 4 heteroatoms. The maximum absolute atomic E-state index is 11.2. The van der Waals surface area contributed by atoms with Crippen molar-refractivity contribution in [2.45, 2.75) is 10.4 Å². The maximum Gasteiger partial charge on any atom is 0.150 e. The van der Waals surface area contributed by atoms with Crippen LogP contribution in [0.3, 0.4) is 0 Å². The molecule has 2 aliphatic rings. The molecule has 20 heavy (non-hydrogen) atoms. The van der Waals surface area contributed by atoms with Crippen molar-refractivity contribution in [1.82, 2.24) is 5.32 Å². The summed E-state index contributed by atoms with van der Waals surface area (Å²) in [4.78, 5) is 14.9. The number of carbonyl (C=O) groups is 1. The molecular formula is C16H14N2OS. The SMILES string of the molecule is O=Cc1ccccc1-c1ccc2c(c1)SC1NCCN21. The molecule has 2 aromatic rings. The van der Waals surface area contributed by atoms with Gasteiger partial charge in [0.05, 0.1) is 5.69 Å². The normalized spacial score (nSPS) is 19.8. The zero-order valence-corrected chi connectivity index (χ0v) is 11.7. The van der Waals surface area contributed by atoms with Crippen molar-refractivity contribution in [3.63, 3.8) is 0 Å². The summed E-state index contributed by atoms with van der Waals surface area (Å²) in [5.74, 6) is 0. The molecule has 0 radical (unpaired) electrons. The second kappa shape index (κ2) is 4.65. The fourth-order valence-corrected chi connectivity index (χ4v) is 4.17. The zero-order valence-electron chi connectivity index (χ0n) is 10.9. The topological polar surface area (TPSA) is 32.3 Å². The van der Waals surface area contributed by atoms with Crippen LogP contribution in [0.5, 0.6) is 0 Å². The fourth-order valence-electron chi connectivity index (χ4n) is 2.88. The van der Waals surface area contributed by atoms with Crippen LogP contribution in [0.1, 0.15) is 10.4 Å². The lowest BCUT2D eigenvalue weighted by atomic mass is 10.00. The lowest BCUT2D eigenvalue weighted by Crippen LogP contribution is -2.28. The summed E-state index contributed by atoms with van der Waals surface area (Å²) in [6, 6.07) is 14.2. The highest BCUT2D eigenvalue weighted by Crippen LogP contribution is 2.45. The number of thioether (sulfide) groups is 1. The van der Waals surface area contributed by atoms with Gasteiger partial charge in [0.15, 0.2) is 6.29 Å². The predicted octanol–water partition coefficient (Wildman–Crippen LogP) is 2.97. The van der Waals surface area contributed by atoms with Crippen molar-refractivity contribution < 1.29 is 4.79 Å². The van der Waals surface area contributed by atoms with Crippen LogP contribution in [0, 0.1) is 0 Å². The third-order valence-corrected chi connectivity index (χ3v) is 5.09. The van der Waals surface area contributed by atoms with Crippen LogP contribution in [0.4, 0.5) is 5.69 Å². The minimum Gasteiger partial charge on any atom is -0.345 e. The standard InChI is InChI=1S/C16H14N2OS/c19-10-12-3-1-2-4-13(12)11-5-6-14-15(9-11)20-16-17-7-8-18(14)16/h1-6,9-10,16-17H,7-8H2. The summed E-state index contributed by atoms with van der Waals surface area (Å²) in [5, 5.41) is 3.48. The van der Waals surface area contributed by atoms with Gasteiger partial charge in [0.1, 0.15) is 5.50 Å². The highest BCUT2D eigenvalue weighted by molar-refractivity contribution is 8.00. The molecule has 1 fully saturated rings. The molecule has 3 nitrogen and oxygen atoms in total. The molecule has 1 N–H and O–H groups in total. The molecule has 2 aliphatic heterocycles. The number of aldehydes is 1. The number of fused-ring (bicyclic) bond motifs is 3. The smallest absolute Gasteiger partial charge is 0.150 e. The van der Waals surface area contributed by atoms with E-state index in [1.807, 2.05) is 36.0 Å². The van der Waals surface area contributed by atoms with Gasteiger partial charge in [-0.1, -0.05) is 42.1 Å². The summed E-state index contributed by atoms with van der Waals surface area (Å²) in [7, 11) is 0. The van der Waals surface area contributed by atoms with E-state index in [4.69, 9.17) is 0 Å². The Morgan fingerprint density at radius 3 is 3.05 bits per heavy atom. The Kier molecular flexibility index (Phi) is 2.79. The largest absolute Gasteiger partial charge is 0.345 e. The Morgan fingerprint density at radius 2 is 2.15 bits per heavy atom. The minimum atomic E-state index is 0.376. The number of hydrogen-bond donors (Lipinski definition) is 1. The van der Waals surface area contributed by atoms with Crippen LogP contribution in [0.2, 0.25) is 0 Å². The van der Waals surface area contributed by atoms with Gasteiger partial charge in [-0.15, -0.1) is 0 Å². The second-order valence-corrected chi connectivity index (χ2v) is 6.13. The quantitative estimate of drug-likeness (QED) is 0.858. The summed E-state index contributed by atoms with van der Waals surface area (Å²) >= 11 is 1.86. The first-order valence-corrected chi connectivity index (χ1v) is 7.60. The van der Waals surface area contributed by atoms with Crippen molar-refractivity contribution in [1.29, 1.82) is 0 Å². The Morgan fingerprint density at radius 1 is 1.25 bits per heavy atom. The van der Waals surface area contributed by atoms with Crippen LogP contribution >= 0.6 is 11.8 Å². The molecule has 1 saturated heterocycles. The number of hydrogen-bond acceptors (Lipinski definition) is 4. The minimum absolute atomic E-state index is 0.376. The van der Waals surface area contributed by atoms with Crippen molar-refractivity contribution in [2.24, 2.45) is 0 Å². The Bertz CT molecular complexity index is 686. The van der Waals surface area contributed by atoms with Gasteiger partial charge in [-0.2, -0.15) is 0 Å². The van der Waals surface area contributed by atoms with Crippen LogP contribution in [0.25, 0.3) is 11.1 Å². The van der Waals surface area contributed by atoms with Gasteiger partial charge in [0, 0.05) is 23.5 Å². The number of rotatable bonds is 2. The van der Waals surface area contributed by atoms with Crippen LogP contribution in [-0.4, -0.2) is 24.9 Å². The van der Waals surface area contributed by atoms with E-state index < -0.39 is 0 Å². The van der Waals surface area contributed by atoms with Gasteiger partial charge in [0.25, 0.3) is 0 Å². The van der Waals surface area contributed by atoms with Crippen molar-refractivity contribution in [3.8, 4) is 11.1 Å². The number of benzene rings is 2. The van der Waals surface area contributed by atoms with E-state index in [0.29, 0.717) is 5.50 Å². The fraction of sp³-hybridized carbons (Fsp3) is 0.188. The molecular weight excluding hydrogens is 268 g/mol. The molecule has 1 atom stereocenters. The van der Waals surface area contributed by atoms with E-state index in [9.17, 15) is 4.79 Å². The van der Waals surface area contributed by atoms with Gasteiger partial charge >= 0.3 is 0 Å². The number of anilines is 1. The number of nitrogens with zero attached hydrogens (tertiary/aromatic N) is 1. The maximum atomic E-state index is 11.2.